The first-order valence-corrected chi connectivity index (χ1v) is 4.56. The molecule has 0 saturated heterocycles. The summed E-state index contributed by atoms with van der Waals surface area (Å²) >= 11 is 0. The lowest BCUT2D eigenvalue weighted by Gasteiger charge is -2.23. The summed E-state index contributed by atoms with van der Waals surface area (Å²) in [6.45, 7) is 7.34. The Morgan fingerprint density at radius 2 is 2.23 bits per heavy atom. The van der Waals surface area contributed by atoms with Crippen molar-refractivity contribution in [2.24, 2.45) is 5.41 Å². The molecule has 1 rings (SSSR count). The summed E-state index contributed by atoms with van der Waals surface area (Å²) in [5.41, 5.74) is 0.228. The van der Waals surface area contributed by atoms with E-state index in [1.54, 1.807) is 6.33 Å². The van der Waals surface area contributed by atoms with Crippen LogP contribution in [-0.2, 0) is 13.2 Å². The average molecular weight is 183 g/mol. The van der Waals surface area contributed by atoms with Gasteiger partial charge < -0.3 is 9.67 Å². The van der Waals surface area contributed by atoms with E-state index in [0.29, 0.717) is 5.82 Å². The highest BCUT2D eigenvalue weighted by Crippen LogP contribution is 2.22. The second-order valence-corrected chi connectivity index (χ2v) is 4.05. The molecule has 0 saturated carbocycles. The van der Waals surface area contributed by atoms with Crippen molar-refractivity contribution in [2.45, 2.75) is 40.3 Å². The Morgan fingerprint density at radius 3 is 2.77 bits per heavy atom. The smallest absolute Gasteiger partial charge is 0.158 e. The summed E-state index contributed by atoms with van der Waals surface area (Å²) < 4.78 is 1.91. The average Bonchev–Trinajstić information content (AvgIpc) is 2.51. The van der Waals surface area contributed by atoms with Crippen LogP contribution in [-0.4, -0.2) is 19.9 Å². The van der Waals surface area contributed by atoms with E-state index < -0.39 is 0 Å². The third-order valence-electron chi connectivity index (χ3n) is 2.39. The maximum absolute atomic E-state index is 8.95. The maximum atomic E-state index is 8.95. The molecule has 0 bridgehead atoms. The van der Waals surface area contributed by atoms with Crippen LogP contribution in [0.4, 0.5) is 0 Å². The fourth-order valence-corrected chi connectivity index (χ4v) is 1.11. The van der Waals surface area contributed by atoms with Crippen LogP contribution in [0.5, 0.6) is 0 Å². The quantitative estimate of drug-likeness (QED) is 0.763. The van der Waals surface area contributed by atoms with Crippen molar-refractivity contribution in [3.8, 4) is 0 Å². The Bertz CT molecular complexity index is 268. The van der Waals surface area contributed by atoms with Gasteiger partial charge in [-0.1, -0.05) is 20.8 Å². The van der Waals surface area contributed by atoms with Gasteiger partial charge in [-0.3, -0.25) is 0 Å². The van der Waals surface area contributed by atoms with Crippen LogP contribution in [0.15, 0.2) is 6.33 Å². The van der Waals surface area contributed by atoms with Crippen LogP contribution < -0.4 is 0 Å². The molecule has 4 heteroatoms. The lowest BCUT2D eigenvalue weighted by atomic mass is 9.90. The molecule has 74 valence electrons. The van der Waals surface area contributed by atoms with Gasteiger partial charge in [-0.2, -0.15) is 0 Å². The molecule has 0 spiro atoms. The summed E-state index contributed by atoms with van der Waals surface area (Å²) in [7, 11) is 0. The molecule has 1 heterocycles. The molecular weight excluding hydrogens is 166 g/mol. The monoisotopic (exact) mass is 183 g/mol. The first-order valence-electron chi connectivity index (χ1n) is 4.56. The molecule has 0 aliphatic heterocycles. The standard InChI is InChI=1S/C9H17N3O/c1-4-9(2,3)6-12-7-10-11-8(12)5-13/h7,13H,4-6H2,1-3H3. The summed E-state index contributed by atoms with van der Waals surface area (Å²) in [5, 5.41) is 16.5. The van der Waals surface area contributed by atoms with Crippen LogP contribution in [0.2, 0.25) is 0 Å². The molecule has 0 radical (unpaired) electrons. The minimum absolute atomic E-state index is 0.0419. The van der Waals surface area contributed by atoms with Crippen molar-refractivity contribution >= 4 is 0 Å². The largest absolute Gasteiger partial charge is 0.388 e. The number of aliphatic hydroxyl groups excluding tert-OH is 1. The third-order valence-corrected chi connectivity index (χ3v) is 2.39. The lowest BCUT2D eigenvalue weighted by molar-refractivity contribution is 0.244. The van der Waals surface area contributed by atoms with E-state index in [1.807, 2.05) is 4.57 Å². The van der Waals surface area contributed by atoms with E-state index >= 15 is 0 Å². The summed E-state index contributed by atoms with van der Waals surface area (Å²) in [6.07, 6.45) is 2.76. The predicted molar refractivity (Wildman–Crippen MR) is 50.0 cm³/mol. The van der Waals surface area contributed by atoms with Crippen molar-refractivity contribution in [1.82, 2.24) is 14.8 Å². The fourth-order valence-electron chi connectivity index (χ4n) is 1.11. The van der Waals surface area contributed by atoms with E-state index in [0.717, 1.165) is 13.0 Å². The van der Waals surface area contributed by atoms with Gasteiger partial charge in [0.2, 0.25) is 0 Å². The van der Waals surface area contributed by atoms with E-state index in [-0.39, 0.29) is 12.0 Å². The van der Waals surface area contributed by atoms with Gasteiger partial charge in [0.05, 0.1) is 0 Å². The summed E-state index contributed by atoms with van der Waals surface area (Å²) in [4.78, 5) is 0. The fraction of sp³-hybridized carbons (Fsp3) is 0.778. The maximum Gasteiger partial charge on any atom is 0.158 e. The number of aromatic nitrogens is 3. The van der Waals surface area contributed by atoms with Crippen LogP contribution in [0.3, 0.4) is 0 Å². The zero-order valence-electron chi connectivity index (χ0n) is 8.49. The van der Waals surface area contributed by atoms with Gasteiger partial charge in [0.25, 0.3) is 0 Å². The van der Waals surface area contributed by atoms with Crippen molar-refractivity contribution in [1.29, 1.82) is 0 Å². The molecule has 0 aliphatic carbocycles. The van der Waals surface area contributed by atoms with Crippen molar-refractivity contribution in [3.63, 3.8) is 0 Å². The van der Waals surface area contributed by atoms with Gasteiger partial charge in [0.15, 0.2) is 5.82 Å². The van der Waals surface area contributed by atoms with Gasteiger partial charge in [-0.25, -0.2) is 0 Å². The molecule has 1 aromatic heterocycles. The number of hydrogen-bond donors (Lipinski definition) is 1. The Hall–Kier alpha value is -0.900. The number of nitrogens with zero attached hydrogens (tertiary/aromatic N) is 3. The van der Waals surface area contributed by atoms with Gasteiger partial charge in [-0.05, 0) is 11.8 Å². The zero-order valence-corrected chi connectivity index (χ0v) is 8.49. The van der Waals surface area contributed by atoms with Crippen molar-refractivity contribution < 1.29 is 5.11 Å². The van der Waals surface area contributed by atoms with Gasteiger partial charge in [0, 0.05) is 6.54 Å². The topological polar surface area (TPSA) is 50.9 Å². The second kappa shape index (κ2) is 3.87. The lowest BCUT2D eigenvalue weighted by Crippen LogP contribution is -2.19. The van der Waals surface area contributed by atoms with Crippen LogP contribution >= 0.6 is 0 Å². The predicted octanol–water partition coefficient (Wildman–Crippen LogP) is 1.21. The van der Waals surface area contributed by atoms with E-state index in [2.05, 4.69) is 31.0 Å². The molecule has 4 nitrogen and oxygen atoms in total. The number of hydrogen-bond acceptors (Lipinski definition) is 3. The van der Waals surface area contributed by atoms with E-state index in [1.165, 1.54) is 0 Å². The minimum Gasteiger partial charge on any atom is -0.388 e. The van der Waals surface area contributed by atoms with E-state index in [9.17, 15) is 0 Å². The summed E-state index contributed by atoms with van der Waals surface area (Å²) in [5.74, 6) is 0.640. The van der Waals surface area contributed by atoms with Gasteiger partial charge >= 0.3 is 0 Å². The van der Waals surface area contributed by atoms with E-state index in [4.69, 9.17) is 5.11 Å². The SMILES string of the molecule is CCC(C)(C)Cn1cnnc1CO. The molecule has 0 atom stereocenters. The molecule has 0 aliphatic rings. The Balaban J connectivity index is 2.73. The molecule has 0 amide bonds. The van der Waals surface area contributed by atoms with Crippen LogP contribution in [0.1, 0.15) is 33.0 Å². The molecule has 13 heavy (non-hydrogen) atoms. The molecule has 1 aromatic rings. The normalized spacial score (nSPS) is 12.0. The minimum atomic E-state index is -0.0419. The second-order valence-electron chi connectivity index (χ2n) is 4.05. The van der Waals surface area contributed by atoms with Crippen LogP contribution in [0, 0.1) is 5.41 Å². The highest BCUT2D eigenvalue weighted by molar-refractivity contribution is 4.84. The Kier molecular flexibility index (Phi) is 3.03. The van der Waals surface area contributed by atoms with Crippen molar-refractivity contribution in [3.05, 3.63) is 12.2 Å². The molecule has 0 fully saturated rings. The van der Waals surface area contributed by atoms with Crippen LogP contribution in [0.25, 0.3) is 0 Å². The van der Waals surface area contributed by atoms with Gasteiger partial charge in [-0.15, -0.1) is 10.2 Å². The van der Waals surface area contributed by atoms with Gasteiger partial charge in [0.1, 0.15) is 12.9 Å². The Labute approximate surface area is 78.6 Å². The molecule has 1 N–H and O–H groups in total. The molecule has 0 aromatic carbocycles. The number of aliphatic hydroxyl groups is 1. The summed E-state index contributed by atoms with van der Waals surface area (Å²) in [6, 6.07) is 0. The first kappa shape index (κ1) is 10.2. The molecule has 0 unspecified atom stereocenters. The zero-order chi connectivity index (χ0) is 9.90. The number of rotatable bonds is 4. The Morgan fingerprint density at radius 1 is 1.54 bits per heavy atom. The molecular formula is C9H17N3O. The first-order chi connectivity index (χ1) is 6.09. The van der Waals surface area contributed by atoms with Crippen molar-refractivity contribution in [2.75, 3.05) is 0 Å². The third kappa shape index (κ3) is 2.52. The highest BCUT2D eigenvalue weighted by atomic mass is 16.3. The highest BCUT2D eigenvalue weighted by Gasteiger charge is 2.17.